The van der Waals surface area contributed by atoms with Gasteiger partial charge in [0, 0.05) is 39.1 Å². The van der Waals surface area contributed by atoms with E-state index in [0.717, 1.165) is 0 Å². The highest BCUT2D eigenvalue weighted by Gasteiger charge is 2.10. The topological polar surface area (TPSA) is 58.7 Å². The maximum atomic E-state index is 11.6. The Labute approximate surface area is 98.7 Å². The molecule has 0 aliphatic rings. The van der Waals surface area contributed by atoms with Crippen LogP contribution in [0.1, 0.15) is 6.92 Å². The first-order valence-corrected chi connectivity index (χ1v) is 5.33. The van der Waals surface area contributed by atoms with Crippen LogP contribution in [0.3, 0.4) is 0 Å². The maximum absolute atomic E-state index is 11.6. The molecule has 0 radical (unpaired) electrons. The van der Waals surface area contributed by atoms with E-state index in [1.165, 1.54) is 12.3 Å². The van der Waals surface area contributed by atoms with E-state index in [0.29, 0.717) is 16.7 Å². The number of ketones is 1. The molecular weight excluding hydrogens is 258 g/mol. The van der Waals surface area contributed by atoms with Crippen molar-refractivity contribution >= 4 is 26.3 Å². The van der Waals surface area contributed by atoms with Gasteiger partial charge in [0.15, 0.2) is 5.78 Å². The summed E-state index contributed by atoms with van der Waals surface area (Å²) < 4.78 is 0.487. The summed E-state index contributed by atoms with van der Waals surface area (Å²) in [6.45, 7) is 2.48. The van der Waals surface area contributed by atoms with Crippen molar-refractivity contribution in [1.29, 1.82) is 0 Å². The van der Waals surface area contributed by atoms with E-state index in [1.54, 1.807) is 11.1 Å². The monoisotopic (exact) mass is 273 g/mol. The van der Waals surface area contributed by atoms with Crippen LogP contribution >= 0.6 is 15.9 Å². The van der Waals surface area contributed by atoms with Crippen molar-refractivity contribution in [3.63, 3.8) is 0 Å². The Kier molecular flexibility index (Phi) is 6.70. The van der Waals surface area contributed by atoms with Gasteiger partial charge in [-0.2, -0.15) is 0 Å². The lowest BCUT2D eigenvalue weighted by molar-refractivity contribution is -0.110. The number of halogens is 1. The molecular formula is C10H16BrN3O. The molecule has 0 aromatic carbocycles. The summed E-state index contributed by atoms with van der Waals surface area (Å²) in [6.07, 6.45) is 4.37. The molecule has 15 heavy (non-hydrogen) atoms. The first-order chi connectivity index (χ1) is 7.02. The van der Waals surface area contributed by atoms with Gasteiger partial charge in [-0.05, 0) is 22.9 Å². The molecule has 0 rings (SSSR count). The fourth-order valence-corrected chi connectivity index (χ4v) is 1.36. The molecule has 2 N–H and O–H groups in total. The number of hydrogen-bond acceptors (Lipinski definition) is 4. The van der Waals surface area contributed by atoms with Gasteiger partial charge >= 0.3 is 0 Å². The summed E-state index contributed by atoms with van der Waals surface area (Å²) in [5.74, 6) is -0.171. The number of nitrogens with two attached hydrogens (primary N) is 1. The molecule has 0 heterocycles. The van der Waals surface area contributed by atoms with E-state index < -0.39 is 0 Å². The molecule has 0 spiro atoms. The first kappa shape index (κ1) is 13.9. The van der Waals surface area contributed by atoms with Crippen molar-refractivity contribution in [3.8, 4) is 0 Å². The number of rotatable bonds is 5. The van der Waals surface area contributed by atoms with Crippen LogP contribution < -0.4 is 5.73 Å². The molecule has 4 nitrogen and oxygen atoms in total. The molecule has 0 atom stereocenters. The quantitative estimate of drug-likeness (QED) is 0.607. The van der Waals surface area contributed by atoms with Crippen LogP contribution in [0, 0.1) is 0 Å². The number of carbonyl (C=O) groups excluding carboxylic acids is 1. The summed E-state index contributed by atoms with van der Waals surface area (Å²) >= 11 is 3.21. The Bertz CT molecular complexity index is 306. The van der Waals surface area contributed by atoms with E-state index >= 15 is 0 Å². The highest BCUT2D eigenvalue weighted by Crippen LogP contribution is 2.06. The van der Waals surface area contributed by atoms with Crippen molar-refractivity contribution in [2.75, 3.05) is 20.6 Å². The van der Waals surface area contributed by atoms with Crippen LogP contribution in [0.5, 0.6) is 0 Å². The third kappa shape index (κ3) is 5.37. The third-order valence-electron chi connectivity index (χ3n) is 1.48. The van der Waals surface area contributed by atoms with Gasteiger partial charge in [-0.15, -0.1) is 0 Å². The predicted octanol–water partition coefficient (Wildman–Crippen LogP) is 1.29. The Morgan fingerprint density at radius 1 is 1.53 bits per heavy atom. The first-order valence-electron chi connectivity index (χ1n) is 4.54. The van der Waals surface area contributed by atoms with Crippen LogP contribution in [-0.4, -0.2) is 35.9 Å². The average Bonchev–Trinajstić information content (AvgIpc) is 2.16. The minimum Gasteiger partial charge on any atom is -0.404 e. The summed E-state index contributed by atoms with van der Waals surface area (Å²) in [5.41, 5.74) is 5.74. The Balaban J connectivity index is 4.72. The average molecular weight is 274 g/mol. The number of carbonyl (C=O) groups is 1. The minimum atomic E-state index is -0.171. The summed E-state index contributed by atoms with van der Waals surface area (Å²) in [5, 5.41) is 0. The minimum absolute atomic E-state index is 0.171. The van der Waals surface area contributed by atoms with Crippen LogP contribution in [-0.2, 0) is 4.79 Å². The van der Waals surface area contributed by atoms with Gasteiger partial charge in [0.1, 0.15) is 4.62 Å². The van der Waals surface area contributed by atoms with Gasteiger partial charge in [0.05, 0.1) is 5.57 Å². The summed E-state index contributed by atoms with van der Waals surface area (Å²) in [4.78, 5) is 17.5. The van der Waals surface area contributed by atoms with Crippen molar-refractivity contribution in [2.45, 2.75) is 6.92 Å². The van der Waals surface area contributed by atoms with Crippen LogP contribution in [0.25, 0.3) is 0 Å². The summed E-state index contributed by atoms with van der Waals surface area (Å²) in [6, 6.07) is 0. The van der Waals surface area contributed by atoms with Gasteiger partial charge in [-0.1, -0.05) is 0 Å². The molecule has 0 saturated heterocycles. The second-order valence-corrected chi connectivity index (χ2v) is 3.74. The Morgan fingerprint density at radius 2 is 2.13 bits per heavy atom. The van der Waals surface area contributed by atoms with Crippen LogP contribution in [0.2, 0.25) is 0 Å². The standard InChI is InChI=1S/C10H16BrN3O/c1-4-13-10(11)8(7-12)9(15)5-6-14(2)3/h5-7H,4,12H2,1-3H3/b6-5+,8-7?,13-10?. The van der Waals surface area contributed by atoms with Gasteiger partial charge in [-0.25, -0.2) is 0 Å². The van der Waals surface area contributed by atoms with E-state index in [9.17, 15) is 4.79 Å². The molecule has 84 valence electrons. The SMILES string of the molecule is CCN=C(Br)C(=CN)C(=O)/C=C/N(C)C. The number of allylic oxidation sites excluding steroid dienone is 2. The van der Waals surface area contributed by atoms with E-state index in [2.05, 4.69) is 20.9 Å². The smallest absolute Gasteiger partial charge is 0.191 e. The number of aliphatic imine (C=N–C) groups is 1. The molecule has 0 amide bonds. The molecule has 5 heteroatoms. The molecule has 0 saturated carbocycles. The van der Waals surface area contributed by atoms with Gasteiger partial charge in [0.2, 0.25) is 0 Å². The molecule has 0 aliphatic heterocycles. The molecule has 0 aromatic rings. The zero-order valence-electron chi connectivity index (χ0n) is 9.20. The lowest BCUT2D eigenvalue weighted by Gasteiger charge is -2.04. The van der Waals surface area contributed by atoms with Gasteiger partial charge in [0.25, 0.3) is 0 Å². The maximum Gasteiger partial charge on any atom is 0.191 e. The fraction of sp³-hybridized carbons (Fsp3) is 0.400. The van der Waals surface area contributed by atoms with Gasteiger partial charge in [-0.3, -0.25) is 9.79 Å². The van der Waals surface area contributed by atoms with Crippen molar-refractivity contribution in [2.24, 2.45) is 10.7 Å². The van der Waals surface area contributed by atoms with Crippen molar-refractivity contribution in [3.05, 3.63) is 24.0 Å². The normalized spacial score (nSPS) is 13.3. The molecule has 0 bridgehead atoms. The largest absolute Gasteiger partial charge is 0.404 e. The number of nitrogens with zero attached hydrogens (tertiary/aromatic N) is 2. The summed E-state index contributed by atoms with van der Waals surface area (Å²) in [7, 11) is 3.68. The Hall–Kier alpha value is -1.10. The van der Waals surface area contributed by atoms with Crippen molar-refractivity contribution < 1.29 is 4.79 Å². The van der Waals surface area contributed by atoms with Crippen LogP contribution in [0.4, 0.5) is 0 Å². The number of hydrogen-bond donors (Lipinski definition) is 1. The molecule has 0 unspecified atom stereocenters. The van der Waals surface area contributed by atoms with E-state index in [4.69, 9.17) is 5.73 Å². The van der Waals surface area contributed by atoms with Crippen LogP contribution in [0.15, 0.2) is 29.0 Å². The second kappa shape index (κ2) is 7.23. The zero-order valence-corrected chi connectivity index (χ0v) is 10.8. The molecule has 0 aromatic heterocycles. The van der Waals surface area contributed by atoms with Crippen molar-refractivity contribution in [1.82, 2.24) is 4.90 Å². The van der Waals surface area contributed by atoms with E-state index in [1.807, 2.05) is 21.0 Å². The Morgan fingerprint density at radius 3 is 2.53 bits per heavy atom. The molecule has 0 fully saturated rings. The molecule has 0 aliphatic carbocycles. The zero-order chi connectivity index (χ0) is 11.8. The predicted molar refractivity (Wildman–Crippen MR) is 67.0 cm³/mol. The highest BCUT2D eigenvalue weighted by molar-refractivity contribution is 9.18. The van der Waals surface area contributed by atoms with E-state index in [-0.39, 0.29) is 5.78 Å². The third-order valence-corrected chi connectivity index (χ3v) is 2.15. The lowest BCUT2D eigenvalue weighted by Crippen LogP contribution is -2.10. The van der Waals surface area contributed by atoms with Gasteiger partial charge < -0.3 is 10.6 Å². The second-order valence-electron chi connectivity index (χ2n) is 2.99. The highest BCUT2D eigenvalue weighted by atomic mass is 79.9. The fourth-order valence-electron chi connectivity index (χ4n) is 0.783. The lowest BCUT2D eigenvalue weighted by atomic mass is 10.2.